The first-order valence-corrected chi connectivity index (χ1v) is 7.66. The Morgan fingerprint density at radius 2 is 1.84 bits per heavy atom. The van der Waals surface area contributed by atoms with Crippen molar-refractivity contribution in [2.45, 2.75) is 64.5 Å². The Hall–Kier alpha value is -0.770. The van der Waals surface area contributed by atoms with E-state index in [-0.39, 0.29) is 12.1 Å². The molecule has 2 unspecified atom stereocenters. The van der Waals surface area contributed by atoms with Gasteiger partial charge in [0.15, 0.2) is 0 Å². The SMILES string of the molecule is CC(C)(C)OC(=O)NC1CNCC1C1CCCCC1. The molecule has 19 heavy (non-hydrogen) atoms. The number of carbonyl (C=O) groups is 1. The van der Waals surface area contributed by atoms with Crippen LogP contribution in [0.25, 0.3) is 0 Å². The lowest BCUT2D eigenvalue weighted by atomic mass is 9.78. The van der Waals surface area contributed by atoms with E-state index in [1.807, 2.05) is 20.8 Å². The highest BCUT2D eigenvalue weighted by Crippen LogP contribution is 2.33. The second-order valence-corrected chi connectivity index (χ2v) is 6.97. The van der Waals surface area contributed by atoms with Gasteiger partial charge in [0.05, 0.1) is 0 Å². The van der Waals surface area contributed by atoms with Gasteiger partial charge in [-0.3, -0.25) is 0 Å². The van der Waals surface area contributed by atoms with Crippen LogP contribution < -0.4 is 10.6 Å². The fourth-order valence-corrected chi connectivity index (χ4v) is 3.37. The number of nitrogens with one attached hydrogen (secondary N) is 2. The Labute approximate surface area is 116 Å². The number of alkyl carbamates (subject to hydrolysis) is 1. The van der Waals surface area contributed by atoms with Gasteiger partial charge in [0, 0.05) is 19.1 Å². The van der Waals surface area contributed by atoms with Crippen LogP contribution in [0.4, 0.5) is 4.79 Å². The molecule has 2 aliphatic rings. The van der Waals surface area contributed by atoms with E-state index in [2.05, 4.69) is 10.6 Å². The van der Waals surface area contributed by atoms with Crippen LogP contribution in [-0.4, -0.2) is 30.8 Å². The number of ether oxygens (including phenoxy) is 1. The summed E-state index contributed by atoms with van der Waals surface area (Å²) < 4.78 is 5.36. The van der Waals surface area contributed by atoms with Crippen LogP contribution in [0.15, 0.2) is 0 Å². The molecule has 2 fully saturated rings. The van der Waals surface area contributed by atoms with E-state index in [1.54, 1.807) is 0 Å². The number of hydrogen-bond acceptors (Lipinski definition) is 3. The summed E-state index contributed by atoms with van der Waals surface area (Å²) in [6, 6.07) is 0.234. The monoisotopic (exact) mass is 268 g/mol. The molecule has 2 N–H and O–H groups in total. The van der Waals surface area contributed by atoms with Crippen LogP contribution in [0.5, 0.6) is 0 Å². The van der Waals surface area contributed by atoms with Crippen LogP contribution in [0.2, 0.25) is 0 Å². The van der Waals surface area contributed by atoms with Gasteiger partial charge in [-0.1, -0.05) is 32.1 Å². The lowest BCUT2D eigenvalue weighted by Gasteiger charge is -2.31. The summed E-state index contributed by atoms with van der Waals surface area (Å²) in [6.07, 6.45) is 6.43. The maximum Gasteiger partial charge on any atom is 0.407 e. The molecule has 0 radical (unpaired) electrons. The number of amides is 1. The quantitative estimate of drug-likeness (QED) is 0.809. The molecule has 2 atom stereocenters. The Bertz CT molecular complexity index is 306. The highest BCUT2D eigenvalue weighted by molar-refractivity contribution is 5.68. The molecule has 1 aliphatic heterocycles. The molecule has 0 aromatic heterocycles. The fourth-order valence-electron chi connectivity index (χ4n) is 3.37. The predicted octanol–water partition coefficient (Wildman–Crippen LogP) is 2.68. The highest BCUT2D eigenvalue weighted by atomic mass is 16.6. The van der Waals surface area contributed by atoms with Crippen LogP contribution in [0.1, 0.15) is 52.9 Å². The maximum absolute atomic E-state index is 11.9. The molecule has 1 heterocycles. The van der Waals surface area contributed by atoms with Crippen LogP contribution in [0, 0.1) is 11.8 Å². The first-order valence-electron chi connectivity index (χ1n) is 7.66. The molecule has 1 saturated carbocycles. The molecule has 1 amide bonds. The van der Waals surface area contributed by atoms with E-state index >= 15 is 0 Å². The van der Waals surface area contributed by atoms with Gasteiger partial charge in [0.2, 0.25) is 0 Å². The summed E-state index contributed by atoms with van der Waals surface area (Å²) in [6.45, 7) is 7.61. The van der Waals surface area contributed by atoms with E-state index in [4.69, 9.17) is 4.74 Å². The smallest absolute Gasteiger partial charge is 0.407 e. The van der Waals surface area contributed by atoms with Gasteiger partial charge in [0.25, 0.3) is 0 Å². The number of carbonyl (C=O) groups excluding carboxylic acids is 1. The van der Waals surface area contributed by atoms with E-state index in [1.165, 1.54) is 32.1 Å². The number of hydrogen-bond donors (Lipinski definition) is 2. The van der Waals surface area contributed by atoms with Gasteiger partial charge >= 0.3 is 6.09 Å². The summed E-state index contributed by atoms with van der Waals surface area (Å²) in [5.74, 6) is 1.34. The molecule has 0 spiro atoms. The summed E-state index contributed by atoms with van der Waals surface area (Å²) in [5.41, 5.74) is -0.420. The van der Waals surface area contributed by atoms with E-state index in [0.29, 0.717) is 5.92 Å². The van der Waals surface area contributed by atoms with Crippen molar-refractivity contribution in [2.24, 2.45) is 11.8 Å². The molecule has 110 valence electrons. The fraction of sp³-hybridized carbons (Fsp3) is 0.933. The molecule has 0 aromatic carbocycles. The van der Waals surface area contributed by atoms with Crippen molar-refractivity contribution in [1.29, 1.82) is 0 Å². The minimum atomic E-state index is -0.420. The number of rotatable bonds is 2. The molecular weight excluding hydrogens is 240 g/mol. The zero-order valence-electron chi connectivity index (χ0n) is 12.5. The Morgan fingerprint density at radius 3 is 2.47 bits per heavy atom. The summed E-state index contributed by atoms with van der Waals surface area (Å²) in [4.78, 5) is 11.9. The Balaban J connectivity index is 1.86. The van der Waals surface area contributed by atoms with Crippen LogP contribution >= 0.6 is 0 Å². The van der Waals surface area contributed by atoms with Gasteiger partial charge in [-0.05, 0) is 32.6 Å². The zero-order chi connectivity index (χ0) is 13.9. The third-order valence-electron chi connectivity index (χ3n) is 4.22. The topological polar surface area (TPSA) is 50.4 Å². The molecule has 4 nitrogen and oxygen atoms in total. The first kappa shape index (κ1) is 14.6. The lowest BCUT2D eigenvalue weighted by Crippen LogP contribution is -2.45. The lowest BCUT2D eigenvalue weighted by molar-refractivity contribution is 0.0484. The van der Waals surface area contributed by atoms with Gasteiger partial charge in [-0.15, -0.1) is 0 Å². The summed E-state index contributed by atoms with van der Waals surface area (Å²) in [7, 11) is 0. The third-order valence-corrected chi connectivity index (χ3v) is 4.22. The normalized spacial score (nSPS) is 29.2. The van der Waals surface area contributed by atoms with E-state index in [0.717, 1.165) is 19.0 Å². The van der Waals surface area contributed by atoms with E-state index < -0.39 is 5.60 Å². The largest absolute Gasteiger partial charge is 0.444 e. The maximum atomic E-state index is 11.9. The molecule has 1 aliphatic carbocycles. The molecule has 4 heteroatoms. The Morgan fingerprint density at radius 1 is 1.16 bits per heavy atom. The molecule has 0 aromatic rings. The Kier molecular flexibility index (Phi) is 4.71. The first-order chi connectivity index (χ1) is 8.96. The van der Waals surface area contributed by atoms with Crippen molar-refractivity contribution in [3.05, 3.63) is 0 Å². The average Bonchev–Trinajstić information content (AvgIpc) is 2.75. The van der Waals surface area contributed by atoms with Crippen LogP contribution in [0.3, 0.4) is 0 Å². The minimum absolute atomic E-state index is 0.234. The van der Waals surface area contributed by atoms with Crippen molar-refractivity contribution < 1.29 is 9.53 Å². The third kappa shape index (κ3) is 4.37. The van der Waals surface area contributed by atoms with Crippen molar-refractivity contribution in [2.75, 3.05) is 13.1 Å². The van der Waals surface area contributed by atoms with Crippen molar-refractivity contribution in [3.8, 4) is 0 Å². The predicted molar refractivity (Wildman–Crippen MR) is 76.1 cm³/mol. The molecule has 2 rings (SSSR count). The second kappa shape index (κ2) is 6.12. The van der Waals surface area contributed by atoms with Gasteiger partial charge < -0.3 is 15.4 Å². The highest BCUT2D eigenvalue weighted by Gasteiger charge is 2.35. The van der Waals surface area contributed by atoms with Crippen molar-refractivity contribution >= 4 is 6.09 Å². The van der Waals surface area contributed by atoms with Gasteiger partial charge in [0.1, 0.15) is 5.60 Å². The summed E-state index contributed by atoms with van der Waals surface area (Å²) >= 11 is 0. The average molecular weight is 268 g/mol. The minimum Gasteiger partial charge on any atom is -0.444 e. The molecule has 1 saturated heterocycles. The van der Waals surface area contributed by atoms with E-state index in [9.17, 15) is 4.79 Å². The molecular formula is C15H28N2O2. The second-order valence-electron chi connectivity index (χ2n) is 6.97. The zero-order valence-corrected chi connectivity index (χ0v) is 12.5. The van der Waals surface area contributed by atoms with Crippen LogP contribution in [-0.2, 0) is 4.74 Å². The van der Waals surface area contributed by atoms with Crippen molar-refractivity contribution in [1.82, 2.24) is 10.6 Å². The van der Waals surface area contributed by atoms with Gasteiger partial charge in [-0.25, -0.2) is 4.79 Å². The summed E-state index contributed by atoms with van der Waals surface area (Å²) in [5, 5.41) is 6.48. The van der Waals surface area contributed by atoms with Crippen molar-refractivity contribution in [3.63, 3.8) is 0 Å². The van der Waals surface area contributed by atoms with Gasteiger partial charge in [-0.2, -0.15) is 0 Å². The molecule has 0 bridgehead atoms. The standard InChI is InChI=1S/C15H28N2O2/c1-15(2,3)19-14(18)17-13-10-16-9-12(13)11-7-5-4-6-8-11/h11-13,16H,4-10H2,1-3H3,(H,17,18).